The summed E-state index contributed by atoms with van der Waals surface area (Å²) in [5.74, 6) is -0.187. The van der Waals surface area contributed by atoms with Crippen molar-refractivity contribution in [3.63, 3.8) is 0 Å². The van der Waals surface area contributed by atoms with E-state index >= 15 is 0 Å². The van der Waals surface area contributed by atoms with Gasteiger partial charge in [-0.1, -0.05) is 161 Å². The third kappa shape index (κ3) is 8.45. The van der Waals surface area contributed by atoms with Gasteiger partial charge in [0.2, 0.25) is 0 Å². The molecule has 0 amide bonds. The predicted octanol–water partition coefficient (Wildman–Crippen LogP) is 15.3. The zero-order valence-electron chi connectivity index (χ0n) is 40.6. The smallest absolute Gasteiger partial charge is 0.148 e. The van der Waals surface area contributed by atoms with Crippen LogP contribution in [0, 0.1) is 26.8 Å². The van der Waals surface area contributed by atoms with E-state index in [1.807, 2.05) is 100 Å². The molecule has 7 aromatic carbocycles. The Morgan fingerprint density at radius 2 is 1.33 bits per heavy atom. The standard InChI is InChI=1S/C58H52N3O.Pt/c1-36(2)48-34-50(42-18-13-10-14-19-42)54(35-49(48)41-16-11-9-12-17-41)61-53-21-15-20-47(55(53)60-57(61)51-29-38(4)28-39(5)56(51)62)44-30-45(32-46(31-44)58(6,7)8)52-33-43(26-27-59-52)40-24-22-37(3)23-25-40;/h9-29,31-36,62H,1-8H3;/q-1;/i3D3,36D;. The normalized spacial score (nSPS) is 12.9. The van der Waals surface area contributed by atoms with Crippen molar-refractivity contribution in [3.05, 3.63) is 192 Å². The number of nitrogens with zero attached hydrogens (tertiary/aromatic N) is 3. The number of fused-ring (bicyclic) bond motifs is 1. The van der Waals surface area contributed by atoms with Gasteiger partial charge in [0.15, 0.2) is 0 Å². The van der Waals surface area contributed by atoms with E-state index in [1.54, 1.807) is 18.3 Å². The van der Waals surface area contributed by atoms with Crippen LogP contribution in [0.4, 0.5) is 0 Å². The Morgan fingerprint density at radius 1 is 0.651 bits per heavy atom. The molecule has 0 aliphatic carbocycles. The maximum Gasteiger partial charge on any atom is 0.148 e. The first-order valence-corrected chi connectivity index (χ1v) is 21.1. The summed E-state index contributed by atoms with van der Waals surface area (Å²) >= 11 is 0. The van der Waals surface area contributed by atoms with Crippen LogP contribution in [0.25, 0.3) is 83.9 Å². The first kappa shape index (κ1) is 38.3. The molecule has 2 heterocycles. The number of aromatic nitrogens is 3. The number of rotatable bonds is 8. The zero-order chi connectivity index (χ0) is 46.7. The number of aromatic hydroxyl groups is 1. The van der Waals surface area contributed by atoms with Gasteiger partial charge in [-0.15, -0.1) is 29.3 Å². The van der Waals surface area contributed by atoms with Gasteiger partial charge in [0.1, 0.15) is 11.6 Å². The Hall–Kier alpha value is -6.35. The third-order valence-corrected chi connectivity index (χ3v) is 11.7. The molecule has 2 aromatic heterocycles. The second-order valence-electron chi connectivity index (χ2n) is 17.5. The minimum Gasteiger partial charge on any atom is -0.507 e. The van der Waals surface area contributed by atoms with E-state index < -0.39 is 12.7 Å². The maximum absolute atomic E-state index is 12.0. The molecule has 1 N–H and O–H groups in total. The number of imidazole rings is 1. The topological polar surface area (TPSA) is 50.9 Å². The fourth-order valence-electron chi connectivity index (χ4n) is 8.47. The summed E-state index contributed by atoms with van der Waals surface area (Å²) in [6, 6.07) is 54.2. The van der Waals surface area contributed by atoms with Gasteiger partial charge in [-0.25, -0.2) is 4.98 Å². The zero-order valence-corrected chi connectivity index (χ0v) is 38.9. The largest absolute Gasteiger partial charge is 0.507 e. The van der Waals surface area contributed by atoms with Gasteiger partial charge >= 0.3 is 0 Å². The van der Waals surface area contributed by atoms with Gasteiger partial charge in [-0.05, 0) is 107 Å². The van der Waals surface area contributed by atoms with Crippen LogP contribution in [-0.4, -0.2) is 19.6 Å². The van der Waals surface area contributed by atoms with Gasteiger partial charge in [0.05, 0.1) is 22.3 Å². The number of hydrogen-bond acceptors (Lipinski definition) is 3. The molecule has 9 rings (SSSR count). The Morgan fingerprint density at radius 3 is 2.00 bits per heavy atom. The predicted molar refractivity (Wildman–Crippen MR) is 259 cm³/mol. The monoisotopic (exact) mass is 1010 g/mol. The SMILES string of the molecule is [2H]C([2H])([2H])c1ccc(-c2ccnc(-c3[c-]c(-c4cccc5c4nc(-c4cc(C)cc(C)c4O)n5-c4cc(-c5ccccc5)c(C([2H])(C)C)cc4-c4ccccc4)cc(C(C)(C)C)c3)c2)cc1.[Pt]. The molecule has 0 atom stereocenters. The van der Waals surface area contributed by atoms with Crippen LogP contribution >= 0.6 is 0 Å². The van der Waals surface area contributed by atoms with Crippen LogP contribution in [0.5, 0.6) is 5.75 Å². The summed E-state index contributed by atoms with van der Waals surface area (Å²) < 4.78 is 35.1. The minimum atomic E-state index is -2.18. The van der Waals surface area contributed by atoms with Gasteiger partial charge in [0, 0.05) is 44.0 Å². The van der Waals surface area contributed by atoms with Crippen LogP contribution in [0.3, 0.4) is 0 Å². The van der Waals surface area contributed by atoms with Crippen molar-refractivity contribution in [2.45, 2.75) is 66.6 Å². The number of phenolic OH excluding ortho intramolecular Hbond substituents is 1. The van der Waals surface area contributed by atoms with E-state index in [0.717, 1.165) is 94.7 Å². The summed E-state index contributed by atoms with van der Waals surface area (Å²) in [5, 5.41) is 12.0. The third-order valence-electron chi connectivity index (χ3n) is 11.7. The van der Waals surface area contributed by atoms with Gasteiger partial charge in [-0.2, -0.15) is 0 Å². The Labute approximate surface area is 392 Å². The van der Waals surface area contributed by atoms with Crippen LogP contribution in [0.1, 0.15) is 73.8 Å². The average molecular weight is 1010 g/mol. The molecule has 0 fully saturated rings. The van der Waals surface area contributed by atoms with Gasteiger partial charge < -0.3 is 5.11 Å². The Kier molecular flexibility index (Phi) is 10.6. The minimum absolute atomic E-state index is 0. The van der Waals surface area contributed by atoms with E-state index in [4.69, 9.17) is 14.1 Å². The van der Waals surface area contributed by atoms with Crippen LogP contribution in [-0.2, 0) is 26.5 Å². The molecule has 63 heavy (non-hydrogen) atoms. The quantitative estimate of drug-likeness (QED) is 0.154. The molecular formula is C58H52N3OPt-. The molecule has 0 aliphatic heterocycles. The summed E-state index contributed by atoms with van der Waals surface area (Å²) in [5.41, 5.74) is 15.8. The molecule has 5 heteroatoms. The van der Waals surface area contributed by atoms with Crippen molar-refractivity contribution in [1.82, 2.24) is 14.5 Å². The van der Waals surface area contributed by atoms with Crippen molar-refractivity contribution in [3.8, 4) is 78.6 Å². The summed E-state index contributed by atoms with van der Waals surface area (Å²) in [6.07, 6.45) is 1.78. The Bertz CT molecular complexity index is 3270. The Balaban J connectivity index is 0.00000608. The number of pyridine rings is 1. The van der Waals surface area contributed by atoms with Crippen molar-refractivity contribution in [2.24, 2.45) is 0 Å². The van der Waals surface area contributed by atoms with Gasteiger partial charge in [0.25, 0.3) is 0 Å². The van der Waals surface area contributed by atoms with Crippen molar-refractivity contribution < 1.29 is 31.7 Å². The number of phenols is 1. The number of hydrogen-bond donors (Lipinski definition) is 1. The fourth-order valence-corrected chi connectivity index (χ4v) is 8.47. The molecular weight excluding hydrogens is 950 g/mol. The molecule has 0 bridgehead atoms. The first-order chi connectivity index (χ1) is 31.3. The summed E-state index contributed by atoms with van der Waals surface area (Å²) in [6.45, 7) is 12.2. The molecule has 9 aromatic rings. The number of benzene rings is 7. The molecule has 0 saturated carbocycles. The van der Waals surface area contributed by atoms with Crippen LogP contribution in [0.15, 0.2) is 158 Å². The van der Waals surface area contributed by atoms with Crippen molar-refractivity contribution >= 4 is 11.0 Å². The first-order valence-electron chi connectivity index (χ1n) is 23.1. The van der Waals surface area contributed by atoms with E-state index in [0.29, 0.717) is 17.0 Å². The average Bonchev–Trinajstić information content (AvgIpc) is 3.69. The molecule has 0 saturated heterocycles. The van der Waals surface area contributed by atoms with E-state index in [2.05, 4.69) is 98.1 Å². The van der Waals surface area contributed by atoms with Crippen molar-refractivity contribution in [1.29, 1.82) is 0 Å². The van der Waals surface area contributed by atoms with Crippen molar-refractivity contribution in [2.75, 3.05) is 0 Å². The molecule has 4 nitrogen and oxygen atoms in total. The fraction of sp³-hybridized carbons (Fsp3) is 0.172. The number of para-hydroxylation sites is 1. The van der Waals surface area contributed by atoms with E-state index in [1.165, 1.54) is 0 Å². The molecule has 0 radical (unpaired) electrons. The number of aryl methyl sites for hydroxylation is 3. The molecule has 0 spiro atoms. The van der Waals surface area contributed by atoms with E-state index in [-0.39, 0.29) is 32.2 Å². The van der Waals surface area contributed by atoms with E-state index in [9.17, 15) is 6.48 Å². The van der Waals surface area contributed by atoms with Crippen LogP contribution < -0.4 is 0 Å². The molecule has 316 valence electrons. The van der Waals surface area contributed by atoms with Crippen LogP contribution in [0.2, 0.25) is 0 Å². The molecule has 0 aliphatic rings. The van der Waals surface area contributed by atoms with Gasteiger partial charge in [-0.3, -0.25) is 9.55 Å². The summed E-state index contributed by atoms with van der Waals surface area (Å²) in [7, 11) is 0. The second kappa shape index (κ2) is 17.4. The molecule has 0 unspecified atom stereocenters. The second-order valence-corrected chi connectivity index (χ2v) is 17.5. The summed E-state index contributed by atoms with van der Waals surface area (Å²) in [4.78, 5) is 10.4. The maximum atomic E-state index is 12.0.